The second-order valence-corrected chi connectivity index (χ2v) is 6.86. The molecule has 25 heavy (non-hydrogen) atoms. The van der Waals surface area contributed by atoms with Crippen molar-refractivity contribution in [1.82, 2.24) is 9.38 Å². The summed E-state index contributed by atoms with van der Waals surface area (Å²) >= 11 is 0. The van der Waals surface area contributed by atoms with Gasteiger partial charge in [-0.25, -0.2) is 4.98 Å². The van der Waals surface area contributed by atoms with E-state index in [0.29, 0.717) is 0 Å². The minimum atomic E-state index is 0.872. The van der Waals surface area contributed by atoms with Crippen LogP contribution >= 0.6 is 0 Å². The maximum Gasteiger partial charge on any atom is 0.138 e. The van der Waals surface area contributed by atoms with E-state index < -0.39 is 0 Å². The van der Waals surface area contributed by atoms with E-state index in [2.05, 4.69) is 47.1 Å². The fourth-order valence-electron chi connectivity index (χ4n) is 3.66. The lowest BCUT2D eigenvalue weighted by molar-refractivity contribution is -0.958. The van der Waals surface area contributed by atoms with Gasteiger partial charge in [0.05, 0.1) is 12.8 Å². The molecule has 0 radical (unpaired) electrons. The summed E-state index contributed by atoms with van der Waals surface area (Å²) in [5.41, 5.74) is 5.75. The summed E-state index contributed by atoms with van der Waals surface area (Å²) < 4.78 is 7.67. The first-order valence-corrected chi connectivity index (χ1v) is 9.02. The van der Waals surface area contributed by atoms with Crippen LogP contribution in [0.25, 0.3) is 16.9 Å². The third-order valence-corrected chi connectivity index (χ3v) is 5.05. The lowest BCUT2D eigenvalue weighted by atomic mass is 10.1. The number of rotatable bonds is 4. The molecule has 1 aliphatic heterocycles. The number of aryl methyl sites for hydroxylation is 1. The number of methoxy groups -OCH3 is 1. The molecule has 0 bridgehead atoms. The molecule has 5 heteroatoms. The first-order valence-electron chi connectivity index (χ1n) is 9.02. The molecular formula is C20H26N4O+2. The molecular weight excluding hydrogens is 312 g/mol. The van der Waals surface area contributed by atoms with Crippen LogP contribution in [0.1, 0.15) is 11.3 Å². The van der Waals surface area contributed by atoms with Gasteiger partial charge >= 0.3 is 0 Å². The average Bonchev–Trinajstić information content (AvgIpc) is 3.00. The maximum absolute atomic E-state index is 5.42. The fourth-order valence-corrected chi connectivity index (χ4v) is 3.66. The number of pyridine rings is 1. The van der Waals surface area contributed by atoms with E-state index in [1.807, 2.05) is 12.1 Å². The molecule has 1 saturated heterocycles. The molecule has 3 heterocycles. The second kappa shape index (κ2) is 6.86. The number of piperazine rings is 1. The highest BCUT2D eigenvalue weighted by Crippen LogP contribution is 2.27. The molecule has 0 aliphatic carbocycles. The summed E-state index contributed by atoms with van der Waals surface area (Å²) in [5, 5.41) is 2.41. The number of quaternary nitrogens is 2. The molecule has 5 nitrogen and oxygen atoms in total. The molecule has 1 aliphatic rings. The summed E-state index contributed by atoms with van der Waals surface area (Å²) in [6.07, 6.45) is 2.16. The molecule has 4 rings (SSSR count). The van der Waals surface area contributed by atoms with Crippen LogP contribution in [-0.2, 0) is 6.54 Å². The first-order chi connectivity index (χ1) is 12.2. The van der Waals surface area contributed by atoms with Crippen LogP contribution in [0.15, 0.2) is 42.6 Å². The lowest BCUT2D eigenvalue weighted by Crippen LogP contribution is -3.19. The second-order valence-electron chi connectivity index (χ2n) is 6.86. The zero-order valence-electron chi connectivity index (χ0n) is 15.0. The molecule has 130 valence electrons. The van der Waals surface area contributed by atoms with Gasteiger partial charge in [-0.15, -0.1) is 0 Å². The third-order valence-electron chi connectivity index (χ3n) is 5.05. The molecule has 1 fully saturated rings. The van der Waals surface area contributed by atoms with Crippen molar-refractivity contribution in [3.8, 4) is 17.0 Å². The van der Waals surface area contributed by atoms with Gasteiger partial charge in [-0.2, -0.15) is 0 Å². The number of nitrogens with one attached hydrogen (secondary N) is 1. The summed E-state index contributed by atoms with van der Waals surface area (Å²) in [6.45, 7) is 7.95. The Hall–Kier alpha value is -2.37. The van der Waals surface area contributed by atoms with Gasteiger partial charge < -0.3 is 15.0 Å². The van der Waals surface area contributed by atoms with Crippen molar-refractivity contribution in [2.75, 3.05) is 33.3 Å². The predicted molar refractivity (Wildman–Crippen MR) is 98.0 cm³/mol. The van der Waals surface area contributed by atoms with Crippen LogP contribution in [0.5, 0.6) is 5.75 Å². The van der Waals surface area contributed by atoms with Crippen molar-refractivity contribution in [1.29, 1.82) is 0 Å². The molecule has 3 N–H and O–H groups in total. The molecule has 2 aromatic heterocycles. The highest BCUT2D eigenvalue weighted by molar-refractivity contribution is 5.68. The van der Waals surface area contributed by atoms with Crippen LogP contribution < -0.4 is 15.0 Å². The Labute approximate surface area is 148 Å². The largest absolute Gasteiger partial charge is 0.497 e. The van der Waals surface area contributed by atoms with Crippen molar-refractivity contribution in [2.24, 2.45) is 0 Å². The number of hydrogen-bond acceptors (Lipinski definition) is 2. The summed E-state index contributed by atoms with van der Waals surface area (Å²) in [7, 11) is 1.71. The Balaban J connectivity index is 1.81. The maximum atomic E-state index is 5.42. The zero-order valence-corrected chi connectivity index (χ0v) is 15.0. The van der Waals surface area contributed by atoms with Gasteiger partial charge in [0.2, 0.25) is 0 Å². The quantitative estimate of drug-likeness (QED) is 0.718. The van der Waals surface area contributed by atoms with Crippen molar-refractivity contribution in [3.63, 3.8) is 0 Å². The number of nitrogens with two attached hydrogens (primary N) is 1. The van der Waals surface area contributed by atoms with Crippen molar-refractivity contribution in [2.45, 2.75) is 13.5 Å². The SMILES string of the molecule is COc1cccc(-c2nc3cc(C)ccn3c2C[NH+]2CC[NH2+]CC2)c1. The number of hydrogen-bond donors (Lipinski definition) is 2. The molecule has 3 aromatic rings. The molecule has 1 aromatic carbocycles. The first kappa shape index (κ1) is 16.1. The van der Waals surface area contributed by atoms with Gasteiger partial charge in [-0.3, -0.25) is 4.40 Å². The Bertz CT molecular complexity index is 881. The minimum Gasteiger partial charge on any atom is -0.497 e. The van der Waals surface area contributed by atoms with Gasteiger partial charge in [-0.1, -0.05) is 12.1 Å². The van der Waals surface area contributed by atoms with E-state index in [1.54, 1.807) is 12.0 Å². The topological polar surface area (TPSA) is 47.6 Å². The van der Waals surface area contributed by atoms with E-state index in [0.717, 1.165) is 29.2 Å². The molecule has 0 spiro atoms. The van der Waals surface area contributed by atoms with Crippen molar-refractivity contribution in [3.05, 3.63) is 53.9 Å². The van der Waals surface area contributed by atoms with E-state index >= 15 is 0 Å². The summed E-state index contributed by atoms with van der Waals surface area (Å²) in [5.74, 6) is 0.872. The van der Waals surface area contributed by atoms with Crippen LogP contribution in [0, 0.1) is 6.92 Å². The van der Waals surface area contributed by atoms with E-state index in [9.17, 15) is 0 Å². The van der Waals surface area contributed by atoms with Crippen LogP contribution in [0.4, 0.5) is 0 Å². The number of benzene rings is 1. The standard InChI is InChI=1S/C20H24N4O/c1-15-6-9-24-18(14-23-10-7-21-8-11-23)20(22-19(24)12-15)16-4-3-5-17(13-16)25-2/h3-6,9,12-13,21H,7-8,10-11,14H2,1-2H3/p+2. The lowest BCUT2D eigenvalue weighted by Gasteiger charge is -2.22. The van der Waals surface area contributed by atoms with Gasteiger partial charge in [0.25, 0.3) is 0 Å². The number of nitrogens with zero attached hydrogens (tertiary/aromatic N) is 2. The zero-order chi connectivity index (χ0) is 17.2. The Morgan fingerprint density at radius 3 is 2.84 bits per heavy atom. The van der Waals surface area contributed by atoms with Gasteiger partial charge in [0, 0.05) is 11.8 Å². The minimum absolute atomic E-state index is 0.872. The van der Waals surface area contributed by atoms with Gasteiger partial charge in [0.1, 0.15) is 49.8 Å². The summed E-state index contributed by atoms with van der Waals surface area (Å²) in [4.78, 5) is 6.60. The van der Waals surface area contributed by atoms with E-state index in [-0.39, 0.29) is 0 Å². The monoisotopic (exact) mass is 338 g/mol. The Morgan fingerprint density at radius 1 is 1.20 bits per heavy atom. The van der Waals surface area contributed by atoms with Crippen LogP contribution in [0.3, 0.4) is 0 Å². The fraction of sp³-hybridized carbons (Fsp3) is 0.350. The molecule has 0 atom stereocenters. The van der Waals surface area contributed by atoms with Gasteiger partial charge in [0.15, 0.2) is 0 Å². The van der Waals surface area contributed by atoms with E-state index in [1.165, 1.54) is 37.4 Å². The highest BCUT2D eigenvalue weighted by Gasteiger charge is 2.22. The molecule has 0 saturated carbocycles. The predicted octanol–water partition coefficient (Wildman–Crippen LogP) is 0.280. The Kier molecular flexibility index (Phi) is 4.42. The normalized spacial score (nSPS) is 15.6. The molecule has 0 amide bonds. The summed E-state index contributed by atoms with van der Waals surface area (Å²) in [6, 6.07) is 12.5. The number of ether oxygens (including phenoxy) is 1. The smallest absolute Gasteiger partial charge is 0.138 e. The van der Waals surface area contributed by atoms with Crippen LogP contribution in [-0.4, -0.2) is 42.7 Å². The van der Waals surface area contributed by atoms with Crippen LogP contribution in [0.2, 0.25) is 0 Å². The van der Waals surface area contributed by atoms with E-state index in [4.69, 9.17) is 9.72 Å². The average molecular weight is 338 g/mol. The van der Waals surface area contributed by atoms with Gasteiger partial charge in [-0.05, 0) is 36.8 Å². The Morgan fingerprint density at radius 2 is 2.04 bits per heavy atom. The number of aromatic nitrogens is 2. The highest BCUT2D eigenvalue weighted by atomic mass is 16.5. The third kappa shape index (κ3) is 3.25. The van der Waals surface area contributed by atoms with Crippen molar-refractivity contribution >= 4 is 5.65 Å². The molecule has 0 unspecified atom stereocenters. The van der Waals surface area contributed by atoms with Crippen molar-refractivity contribution < 1.29 is 15.0 Å². The number of imidazole rings is 1. The number of fused-ring (bicyclic) bond motifs is 1.